The molecule has 2 saturated heterocycles. The van der Waals surface area contributed by atoms with Gasteiger partial charge in [0.2, 0.25) is 0 Å². The molecular formula is C18H34N2O2. The Morgan fingerprint density at radius 3 is 2.23 bits per heavy atom. The summed E-state index contributed by atoms with van der Waals surface area (Å²) < 4.78 is 6.35. The topological polar surface area (TPSA) is 32.8 Å². The van der Waals surface area contributed by atoms with E-state index in [-0.39, 0.29) is 17.6 Å². The maximum Gasteiger partial charge on any atom is 0.254 e. The highest BCUT2D eigenvalue weighted by Crippen LogP contribution is 2.37. The lowest BCUT2D eigenvalue weighted by Crippen LogP contribution is -2.66. The van der Waals surface area contributed by atoms with Gasteiger partial charge >= 0.3 is 0 Å². The first-order chi connectivity index (χ1) is 10.2. The van der Waals surface area contributed by atoms with Crippen molar-refractivity contribution in [2.24, 2.45) is 5.92 Å². The van der Waals surface area contributed by atoms with Crippen LogP contribution < -0.4 is 0 Å². The molecule has 0 bridgehead atoms. The molecule has 2 aliphatic heterocycles. The molecular weight excluding hydrogens is 276 g/mol. The molecule has 2 fully saturated rings. The van der Waals surface area contributed by atoms with E-state index in [0.29, 0.717) is 0 Å². The molecule has 0 aromatic rings. The number of carbonyl (C=O) groups is 1. The van der Waals surface area contributed by atoms with E-state index in [0.717, 1.165) is 38.4 Å². The van der Waals surface area contributed by atoms with E-state index in [1.807, 2.05) is 18.7 Å². The average molecular weight is 310 g/mol. The predicted octanol–water partition coefficient (Wildman–Crippen LogP) is 2.91. The van der Waals surface area contributed by atoms with Gasteiger partial charge in [-0.25, -0.2) is 0 Å². The van der Waals surface area contributed by atoms with Crippen molar-refractivity contribution in [3.05, 3.63) is 0 Å². The number of likely N-dealkylation sites (tertiary alicyclic amines) is 1. The second kappa shape index (κ2) is 6.48. The van der Waals surface area contributed by atoms with Gasteiger partial charge in [0, 0.05) is 19.1 Å². The van der Waals surface area contributed by atoms with Crippen LogP contribution in [0.2, 0.25) is 0 Å². The lowest BCUT2D eigenvalue weighted by atomic mass is 9.85. The number of ether oxygens (including phenoxy) is 1. The molecule has 0 atom stereocenters. The molecule has 2 heterocycles. The molecule has 128 valence electrons. The van der Waals surface area contributed by atoms with Crippen molar-refractivity contribution in [2.75, 3.05) is 26.2 Å². The first-order valence-electron chi connectivity index (χ1n) is 8.89. The summed E-state index contributed by atoms with van der Waals surface area (Å²) in [5.41, 5.74) is -0.835. The number of hydrogen-bond acceptors (Lipinski definition) is 3. The minimum absolute atomic E-state index is 0.135. The second-order valence-corrected chi connectivity index (χ2v) is 8.35. The SMILES string of the molecule is CC(C)CCN1CCC2(CC1)CN(C(C)C)C(=O)C(C)(C)O2. The zero-order valence-corrected chi connectivity index (χ0v) is 15.3. The number of nitrogens with zero attached hydrogens (tertiary/aromatic N) is 2. The summed E-state index contributed by atoms with van der Waals surface area (Å²) in [6.07, 6.45) is 3.33. The smallest absolute Gasteiger partial charge is 0.254 e. The fraction of sp³-hybridized carbons (Fsp3) is 0.944. The summed E-state index contributed by atoms with van der Waals surface area (Å²) in [6.45, 7) is 16.7. The van der Waals surface area contributed by atoms with E-state index in [9.17, 15) is 4.79 Å². The lowest BCUT2D eigenvalue weighted by Gasteiger charge is -2.53. The fourth-order valence-corrected chi connectivity index (χ4v) is 3.65. The molecule has 2 aliphatic rings. The van der Waals surface area contributed by atoms with Crippen molar-refractivity contribution < 1.29 is 9.53 Å². The van der Waals surface area contributed by atoms with Crippen LogP contribution >= 0.6 is 0 Å². The average Bonchev–Trinajstić information content (AvgIpc) is 2.41. The summed E-state index contributed by atoms with van der Waals surface area (Å²) in [5, 5.41) is 0. The summed E-state index contributed by atoms with van der Waals surface area (Å²) in [6, 6.07) is 0.242. The van der Waals surface area contributed by atoms with Crippen LogP contribution in [0.3, 0.4) is 0 Å². The number of amides is 1. The van der Waals surface area contributed by atoms with Gasteiger partial charge in [-0.1, -0.05) is 13.8 Å². The van der Waals surface area contributed by atoms with Crippen LogP contribution in [0.5, 0.6) is 0 Å². The Kier molecular flexibility index (Phi) is 5.23. The minimum atomic E-state index is -0.692. The third kappa shape index (κ3) is 3.83. The van der Waals surface area contributed by atoms with E-state index in [1.165, 1.54) is 13.0 Å². The van der Waals surface area contributed by atoms with Crippen molar-refractivity contribution >= 4 is 5.91 Å². The Morgan fingerprint density at radius 2 is 1.73 bits per heavy atom. The number of piperidine rings is 1. The summed E-state index contributed by atoms with van der Waals surface area (Å²) in [4.78, 5) is 17.1. The van der Waals surface area contributed by atoms with E-state index in [4.69, 9.17) is 4.74 Å². The quantitative estimate of drug-likeness (QED) is 0.800. The third-order valence-corrected chi connectivity index (χ3v) is 5.12. The molecule has 0 N–H and O–H groups in total. The van der Waals surface area contributed by atoms with Gasteiger partial charge in [0.15, 0.2) is 0 Å². The minimum Gasteiger partial charge on any atom is -0.357 e. The van der Waals surface area contributed by atoms with Gasteiger partial charge in [0.25, 0.3) is 5.91 Å². The van der Waals surface area contributed by atoms with E-state index < -0.39 is 5.60 Å². The highest BCUT2D eigenvalue weighted by Gasteiger charge is 2.50. The fourth-order valence-electron chi connectivity index (χ4n) is 3.65. The summed E-state index contributed by atoms with van der Waals surface area (Å²) in [7, 11) is 0. The number of morpholine rings is 1. The maximum atomic E-state index is 12.5. The van der Waals surface area contributed by atoms with E-state index in [1.54, 1.807) is 0 Å². The van der Waals surface area contributed by atoms with Crippen LogP contribution in [0.4, 0.5) is 0 Å². The normalized spacial score (nSPS) is 25.5. The Labute approximate surface area is 136 Å². The van der Waals surface area contributed by atoms with Gasteiger partial charge < -0.3 is 14.5 Å². The standard InChI is InChI=1S/C18H34N2O2/c1-14(2)7-10-19-11-8-18(9-12-19)13-20(15(3)4)16(21)17(5,6)22-18/h14-15H,7-13H2,1-6H3. The largest absolute Gasteiger partial charge is 0.357 e. The molecule has 0 radical (unpaired) electrons. The number of carbonyl (C=O) groups excluding carboxylic acids is 1. The Balaban J connectivity index is 2.01. The molecule has 0 saturated carbocycles. The van der Waals surface area contributed by atoms with Crippen molar-refractivity contribution in [2.45, 2.75) is 78.0 Å². The van der Waals surface area contributed by atoms with Crippen molar-refractivity contribution in [1.29, 1.82) is 0 Å². The van der Waals surface area contributed by atoms with Crippen LogP contribution in [-0.4, -0.2) is 59.1 Å². The molecule has 0 aliphatic carbocycles. The van der Waals surface area contributed by atoms with Crippen LogP contribution in [0.1, 0.15) is 60.8 Å². The van der Waals surface area contributed by atoms with Crippen molar-refractivity contribution in [1.82, 2.24) is 9.80 Å². The molecule has 1 spiro atoms. The molecule has 1 amide bonds. The maximum absolute atomic E-state index is 12.5. The van der Waals surface area contributed by atoms with Crippen LogP contribution in [-0.2, 0) is 9.53 Å². The zero-order valence-electron chi connectivity index (χ0n) is 15.3. The van der Waals surface area contributed by atoms with E-state index >= 15 is 0 Å². The molecule has 0 aromatic heterocycles. The van der Waals surface area contributed by atoms with Crippen LogP contribution in [0, 0.1) is 5.92 Å². The van der Waals surface area contributed by atoms with Gasteiger partial charge in [0.05, 0.1) is 12.1 Å². The van der Waals surface area contributed by atoms with Gasteiger partial charge in [-0.15, -0.1) is 0 Å². The Bertz CT molecular complexity index is 396. The molecule has 4 heteroatoms. The zero-order chi connectivity index (χ0) is 16.5. The van der Waals surface area contributed by atoms with Crippen LogP contribution in [0.25, 0.3) is 0 Å². The first-order valence-corrected chi connectivity index (χ1v) is 8.89. The van der Waals surface area contributed by atoms with E-state index in [2.05, 4.69) is 32.6 Å². The molecule has 4 nitrogen and oxygen atoms in total. The molecule has 0 aromatic carbocycles. The highest BCUT2D eigenvalue weighted by atomic mass is 16.5. The second-order valence-electron chi connectivity index (χ2n) is 8.35. The highest BCUT2D eigenvalue weighted by molar-refractivity contribution is 5.85. The van der Waals surface area contributed by atoms with Gasteiger partial charge in [-0.3, -0.25) is 4.79 Å². The van der Waals surface area contributed by atoms with Gasteiger partial charge in [-0.2, -0.15) is 0 Å². The first kappa shape index (κ1) is 17.7. The third-order valence-electron chi connectivity index (χ3n) is 5.12. The molecule has 22 heavy (non-hydrogen) atoms. The number of rotatable bonds is 4. The van der Waals surface area contributed by atoms with Gasteiger partial charge in [0.1, 0.15) is 5.60 Å². The summed E-state index contributed by atoms with van der Waals surface area (Å²) >= 11 is 0. The summed E-state index contributed by atoms with van der Waals surface area (Å²) in [5.74, 6) is 0.894. The molecule has 2 rings (SSSR count). The Morgan fingerprint density at radius 1 is 1.14 bits per heavy atom. The lowest BCUT2D eigenvalue weighted by molar-refractivity contribution is -0.219. The molecule has 0 unspecified atom stereocenters. The predicted molar refractivity (Wildman–Crippen MR) is 89.9 cm³/mol. The monoisotopic (exact) mass is 310 g/mol. The van der Waals surface area contributed by atoms with Crippen molar-refractivity contribution in [3.8, 4) is 0 Å². The van der Waals surface area contributed by atoms with Crippen molar-refractivity contribution in [3.63, 3.8) is 0 Å². The Hall–Kier alpha value is -0.610. The van der Waals surface area contributed by atoms with Gasteiger partial charge in [-0.05, 0) is 59.4 Å². The number of hydrogen-bond donors (Lipinski definition) is 0. The van der Waals surface area contributed by atoms with Crippen LogP contribution in [0.15, 0.2) is 0 Å².